The monoisotopic (exact) mass is 244 g/mol. The van der Waals surface area contributed by atoms with Crippen LogP contribution in [0.3, 0.4) is 0 Å². The highest BCUT2D eigenvalue weighted by molar-refractivity contribution is 7.17. The van der Waals surface area contributed by atoms with Gasteiger partial charge >= 0.3 is 0 Å². The molecule has 1 aromatic heterocycles. The summed E-state index contributed by atoms with van der Waals surface area (Å²) in [6, 6.07) is 4.74. The molecule has 0 saturated carbocycles. The second-order valence-electron chi connectivity index (χ2n) is 5.27. The fourth-order valence-electron chi connectivity index (χ4n) is 2.98. The average molecular weight is 244 g/mol. The Kier molecular flexibility index (Phi) is 3.19. The lowest BCUT2D eigenvalue weighted by molar-refractivity contribution is 0.629. The molecule has 0 nitrogen and oxygen atoms in total. The molecule has 1 aliphatic rings. The van der Waals surface area contributed by atoms with Crippen LogP contribution in [0.4, 0.5) is 0 Å². The molecule has 1 aliphatic carbocycles. The van der Waals surface area contributed by atoms with Crippen LogP contribution in [0.2, 0.25) is 0 Å². The average Bonchev–Trinajstić information content (AvgIpc) is 2.75. The van der Waals surface area contributed by atoms with Gasteiger partial charge in [0.2, 0.25) is 0 Å². The molecule has 0 N–H and O–H groups in total. The van der Waals surface area contributed by atoms with Crippen LogP contribution in [-0.4, -0.2) is 0 Å². The van der Waals surface area contributed by atoms with Crippen LogP contribution in [0.15, 0.2) is 17.5 Å². The summed E-state index contributed by atoms with van der Waals surface area (Å²) in [5.74, 6) is 0. The maximum absolute atomic E-state index is 2.39. The zero-order valence-electron chi connectivity index (χ0n) is 10.6. The van der Waals surface area contributed by atoms with E-state index in [0.29, 0.717) is 0 Å². The standard InChI is InChI=1S/C16H20S/c1-12-11-17-16-14(12)10-9-13-7-5-3-2-4-6-8-15(13)16/h9-11H,2-8H2,1H3. The van der Waals surface area contributed by atoms with E-state index in [1.165, 1.54) is 55.9 Å². The van der Waals surface area contributed by atoms with Gasteiger partial charge in [0.1, 0.15) is 0 Å². The van der Waals surface area contributed by atoms with Crippen molar-refractivity contribution in [2.45, 2.75) is 51.9 Å². The first-order valence-electron chi connectivity index (χ1n) is 6.85. The first kappa shape index (κ1) is 11.3. The van der Waals surface area contributed by atoms with Crippen molar-refractivity contribution < 1.29 is 0 Å². The molecule has 1 heterocycles. The van der Waals surface area contributed by atoms with Crippen molar-refractivity contribution in [1.82, 2.24) is 0 Å². The number of aryl methyl sites for hydroxylation is 3. The minimum absolute atomic E-state index is 1.29. The van der Waals surface area contributed by atoms with Crippen molar-refractivity contribution in [3.05, 3.63) is 34.2 Å². The van der Waals surface area contributed by atoms with Gasteiger partial charge in [-0.05, 0) is 60.1 Å². The zero-order valence-corrected chi connectivity index (χ0v) is 11.4. The van der Waals surface area contributed by atoms with Crippen LogP contribution in [0.1, 0.15) is 48.8 Å². The van der Waals surface area contributed by atoms with E-state index in [-0.39, 0.29) is 0 Å². The van der Waals surface area contributed by atoms with Crippen LogP contribution in [0, 0.1) is 6.92 Å². The smallest absolute Gasteiger partial charge is 0.0380 e. The molecule has 1 heteroatoms. The molecular formula is C16H20S. The van der Waals surface area contributed by atoms with Gasteiger partial charge in [-0.1, -0.05) is 31.4 Å². The van der Waals surface area contributed by atoms with Crippen molar-refractivity contribution in [1.29, 1.82) is 0 Å². The fraction of sp³-hybridized carbons (Fsp3) is 0.500. The lowest BCUT2D eigenvalue weighted by Crippen LogP contribution is -1.94. The van der Waals surface area contributed by atoms with Gasteiger partial charge in [-0.25, -0.2) is 0 Å². The molecule has 0 bridgehead atoms. The van der Waals surface area contributed by atoms with Crippen molar-refractivity contribution in [3.63, 3.8) is 0 Å². The second-order valence-corrected chi connectivity index (χ2v) is 6.15. The summed E-state index contributed by atoms with van der Waals surface area (Å²) in [4.78, 5) is 0. The maximum Gasteiger partial charge on any atom is 0.0380 e. The summed E-state index contributed by atoms with van der Waals surface area (Å²) in [7, 11) is 0. The summed E-state index contributed by atoms with van der Waals surface area (Å²) in [6.07, 6.45) is 9.61. The van der Waals surface area contributed by atoms with E-state index in [2.05, 4.69) is 24.4 Å². The molecule has 0 saturated heterocycles. The Morgan fingerprint density at radius 3 is 2.59 bits per heavy atom. The number of rotatable bonds is 0. The van der Waals surface area contributed by atoms with Crippen LogP contribution in [-0.2, 0) is 12.8 Å². The molecule has 0 fully saturated rings. The van der Waals surface area contributed by atoms with Gasteiger partial charge in [-0.2, -0.15) is 0 Å². The summed E-state index contributed by atoms with van der Waals surface area (Å²) in [5, 5.41) is 3.81. The molecular weight excluding hydrogens is 224 g/mol. The lowest BCUT2D eigenvalue weighted by atomic mass is 9.97. The van der Waals surface area contributed by atoms with E-state index in [1.807, 2.05) is 11.3 Å². The lowest BCUT2D eigenvalue weighted by Gasteiger charge is -2.09. The van der Waals surface area contributed by atoms with Gasteiger partial charge < -0.3 is 0 Å². The van der Waals surface area contributed by atoms with Gasteiger partial charge in [0.05, 0.1) is 0 Å². The van der Waals surface area contributed by atoms with E-state index >= 15 is 0 Å². The second kappa shape index (κ2) is 4.81. The SMILES string of the molecule is Cc1csc2c3c(ccc12)CCCCCCC3. The minimum Gasteiger partial charge on any atom is -0.143 e. The van der Waals surface area contributed by atoms with E-state index in [4.69, 9.17) is 0 Å². The molecule has 0 unspecified atom stereocenters. The van der Waals surface area contributed by atoms with Crippen LogP contribution in [0.25, 0.3) is 10.1 Å². The predicted molar refractivity (Wildman–Crippen MR) is 77.1 cm³/mol. The van der Waals surface area contributed by atoms with E-state index < -0.39 is 0 Å². The molecule has 1 aromatic carbocycles. The van der Waals surface area contributed by atoms with Gasteiger partial charge in [0.15, 0.2) is 0 Å². The third-order valence-electron chi connectivity index (χ3n) is 4.01. The molecule has 90 valence electrons. The third kappa shape index (κ3) is 2.13. The highest BCUT2D eigenvalue weighted by Crippen LogP contribution is 2.33. The zero-order chi connectivity index (χ0) is 11.7. The highest BCUT2D eigenvalue weighted by atomic mass is 32.1. The summed E-state index contributed by atoms with van der Waals surface area (Å²) < 4.78 is 1.57. The number of fused-ring (bicyclic) bond motifs is 3. The van der Waals surface area contributed by atoms with Gasteiger partial charge in [0.25, 0.3) is 0 Å². The van der Waals surface area contributed by atoms with Gasteiger partial charge in [-0.3, -0.25) is 0 Å². The molecule has 17 heavy (non-hydrogen) atoms. The largest absolute Gasteiger partial charge is 0.143 e. The van der Waals surface area contributed by atoms with E-state index in [9.17, 15) is 0 Å². The van der Waals surface area contributed by atoms with Crippen LogP contribution < -0.4 is 0 Å². The Hall–Kier alpha value is -0.820. The molecule has 3 rings (SSSR count). The summed E-state index contributed by atoms with van der Waals surface area (Å²) in [6.45, 7) is 2.24. The highest BCUT2D eigenvalue weighted by Gasteiger charge is 2.11. The van der Waals surface area contributed by atoms with Gasteiger partial charge in [0, 0.05) is 4.70 Å². The summed E-state index contributed by atoms with van der Waals surface area (Å²) >= 11 is 1.95. The minimum atomic E-state index is 1.29. The number of hydrogen-bond donors (Lipinski definition) is 0. The third-order valence-corrected chi connectivity index (χ3v) is 5.18. The molecule has 0 radical (unpaired) electrons. The maximum atomic E-state index is 2.39. The molecule has 0 aliphatic heterocycles. The first-order chi connectivity index (χ1) is 8.36. The van der Waals surface area contributed by atoms with E-state index in [1.54, 1.807) is 15.8 Å². The fourth-order valence-corrected chi connectivity index (χ4v) is 4.13. The number of hydrogen-bond acceptors (Lipinski definition) is 1. The Morgan fingerprint density at radius 2 is 1.71 bits per heavy atom. The van der Waals surface area contributed by atoms with Crippen molar-refractivity contribution in [2.75, 3.05) is 0 Å². The van der Waals surface area contributed by atoms with Crippen LogP contribution >= 0.6 is 11.3 Å². The van der Waals surface area contributed by atoms with Gasteiger partial charge in [-0.15, -0.1) is 11.3 Å². The first-order valence-corrected chi connectivity index (χ1v) is 7.73. The molecule has 2 aromatic rings. The number of thiophene rings is 1. The Balaban J connectivity index is 2.11. The Labute approximate surface area is 108 Å². The Morgan fingerprint density at radius 1 is 0.941 bits per heavy atom. The number of benzene rings is 1. The van der Waals surface area contributed by atoms with Crippen molar-refractivity contribution >= 4 is 21.4 Å². The van der Waals surface area contributed by atoms with Crippen LogP contribution in [0.5, 0.6) is 0 Å². The predicted octanol–water partition coefficient (Wildman–Crippen LogP) is 5.26. The molecule has 0 atom stereocenters. The van der Waals surface area contributed by atoms with E-state index in [0.717, 1.165) is 0 Å². The molecule has 0 amide bonds. The quantitative estimate of drug-likeness (QED) is 0.593. The normalized spacial score (nSPS) is 17.2. The van der Waals surface area contributed by atoms with Crippen molar-refractivity contribution in [3.8, 4) is 0 Å². The Bertz CT molecular complexity index is 522. The summed E-state index contributed by atoms with van der Waals surface area (Å²) in [5.41, 5.74) is 4.75. The van der Waals surface area contributed by atoms with Crippen molar-refractivity contribution in [2.24, 2.45) is 0 Å². The topological polar surface area (TPSA) is 0 Å². The molecule has 0 spiro atoms.